The molecular weight excluding hydrogens is 294 g/mol. The van der Waals surface area contributed by atoms with Crippen molar-refractivity contribution in [3.8, 4) is 10.4 Å². The molecule has 2 aromatic rings. The first-order valence-electron chi connectivity index (χ1n) is 5.83. The van der Waals surface area contributed by atoms with E-state index in [1.807, 2.05) is 11.3 Å². The molecule has 17 heavy (non-hydrogen) atoms. The molecule has 0 bridgehead atoms. The molecule has 0 saturated heterocycles. The minimum atomic E-state index is 0.646. The van der Waals surface area contributed by atoms with Gasteiger partial charge in [-0.3, -0.25) is 0 Å². The molecule has 1 aliphatic rings. The quantitative estimate of drug-likeness (QED) is 0.824. The Hall–Kier alpha value is -0.640. The van der Waals surface area contributed by atoms with E-state index in [2.05, 4.69) is 58.5 Å². The van der Waals surface area contributed by atoms with Crippen LogP contribution in [0.25, 0.3) is 10.4 Å². The monoisotopic (exact) mass is 307 g/mol. The van der Waals surface area contributed by atoms with E-state index < -0.39 is 0 Å². The van der Waals surface area contributed by atoms with Gasteiger partial charge in [-0.05, 0) is 29.3 Å². The number of rotatable bonds is 1. The summed E-state index contributed by atoms with van der Waals surface area (Å²) < 4.78 is 1.14. The van der Waals surface area contributed by atoms with E-state index in [0.29, 0.717) is 5.92 Å². The SMILES string of the molecule is CC1CNCc2cc(-c3ccc(Br)cc3)sc21. The van der Waals surface area contributed by atoms with Crippen LogP contribution in [0.1, 0.15) is 23.3 Å². The highest BCUT2D eigenvalue weighted by Gasteiger charge is 2.19. The molecule has 1 nitrogen and oxygen atoms in total. The maximum absolute atomic E-state index is 3.48. The summed E-state index contributed by atoms with van der Waals surface area (Å²) in [6.07, 6.45) is 0. The van der Waals surface area contributed by atoms with Gasteiger partial charge in [-0.1, -0.05) is 35.0 Å². The standard InChI is InChI=1S/C14H14BrNS/c1-9-7-16-8-11-6-13(17-14(9)11)10-2-4-12(15)5-3-10/h2-6,9,16H,7-8H2,1H3. The molecule has 0 saturated carbocycles. The summed E-state index contributed by atoms with van der Waals surface area (Å²) in [7, 11) is 0. The van der Waals surface area contributed by atoms with E-state index in [1.165, 1.54) is 16.0 Å². The van der Waals surface area contributed by atoms with Crippen molar-refractivity contribution in [3.05, 3.63) is 45.2 Å². The molecule has 0 fully saturated rings. The Kier molecular flexibility index (Phi) is 3.07. The number of hydrogen-bond acceptors (Lipinski definition) is 2. The molecule has 2 heterocycles. The molecule has 3 heteroatoms. The van der Waals surface area contributed by atoms with Crippen molar-refractivity contribution in [2.24, 2.45) is 0 Å². The minimum absolute atomic E-state index is 0.646. The molecule has 0 spiro atoms. The first-order chi connectivity index (χ1) is 8.24. The summed E-state index contributed by atoms with van der Waals surface area (Å²) >= 11 is 5.43. The molecular formula is C14H14BrNS. The van der Waals surface area contributed by atoms with E-state index in [4.69, 9.17) is 0 Å². The zero-order valence-electron chi connectivity index (χ0n) is 9.66. The summed E-state index contributed by atoms with van der Waals surface area (Å²) in [6.45, 7) is 4.42. The number of nitrogens with one attached hydrogen (secondary N) is 1. The fraction of sp³-hybridized carbons (Fsp3) is 0.286. The summed E-state index contributed by atoms with van der Waals surface area (Å²) in [5, 5.41) is 3.46. The Labute approximate surface area is 114 Å². The smallest absolute Gasteiger partial charge is 0.0349 e. The fourth-order valence-electron chi connectivity index (χ4n) is 2.27. The average Bonchev–Trinajstić information content (AvgIpc) is 2.75. The lowest BCUT2D eigenvalue weighted by Gasteiger charge is -2.18. The summed E-state index contributed by atoms with van der Waals surface area (Å²) in [4.78, 5) is 2.94. The second-order valence-electron chi connectivity index (χ2n) is 4.54. The highest BCUT2D eigenvalue weighted by atomic mass is 79.9. The van der Waals surface area contributed by atoms with Crippen LogP contribution in [-0.4, -0.2) is 6.54 Å². The van der Waals surface area contributed by atoms with E-state index in [0.717, 1.165) is 17.6 Å². The topological polar surface area (TPSA) is 12.0 Å². The van der Waals surface area contributed by atoms with Gasteiger partial charge in [0.2, 0.25) is 0 Å². The van der Waals surface area contributed by atoms with Crippen LogP contribution in [0.5, 0.6) is 0 Å². The third-order valence-electron chi connectivity index (χ3n) is 3.18. The first-order valence-corrected chi connectivity index (χ1v) is 7.44. The highest BCUT2D eigenvalue weighted by molar-refractivity contribution is 9.10. The Balaban J connectivity index is 2.02. The maximum atomic E-state index is 3.48. The minimum Gasteiger partial charge on any atom is -0.312 e. The van der Waals surface area contributed by atoms with Gasteiger partial charge < -0.3 is 5.32 Å². The number of halogens is 1. The molecule has 0 amide bonds. The van der Waals surface area contributed by atoms with Crippen LogP contribution in [0.4, 0.5) is 0 Å². The summed E-state index contributed by atoms with van der Waals surface area (Å²) in [5.74, 6) is 0.646. The Morgan fingerprint density at radius 1 is 1.29 bits per heavy atom. The van der Waals surface area contributed by atoms with Gasteiger partial charge >= 0.3 is 0 Å². The second kappa shape index (κ2) is 4.56. The predicted octanol–water partition coefficient (Wildman–Crippen LogP) is 4.38. The van der Waals surface area contributed by atoms with Crippen molar-refractivity contribution < 1.29 is 0 Å². The maximum Gasteiger partial charge on any atom is 0.0349 e. The number of hydrogen-bond donors (Lipinski definition) is 1. The van der Waals surface area contributed by atoms with Gasteiger partial charge in [-0.25, -0.2) is 0 Å². The molecule has 0 radical (unpaired) electrons. The lowest BCUT2D eigenvalue weighted by Crippen LogP contribution is -2.24. The van der Waals surface area contributed by atoms with Crippen LogP contribution < -0.4 is 5.32 Å². The molecule has 1 aliphatic heterocycles. The first kappa shape index (κ1) is 11.5. The predicted molar refractivity (Wildman–Crippen MR) is 77.6 cm³/mol. The number of thiophene rings is 1. The van der Waals surface area contributed by atoms with Crippen LogP contribution >= 0.6 is 27.3 Å². The van der Waals surface area contributed by atoms with E-state index in [9.17, 15) is 0 Å². The van der Waals surface area contributed by atoms with Crippen LogP contribution in [0.15, 0.2) is 34.8 Å². The van der Waals surface area contributed by atoms with Crippen LogP contribution in [0, 0.1) is 0 Å². The van der Waals surface area contributed by atoms with E-state index in [-0.39, 0.29) is 0 Å². The summed E-state index contributed by atoms with van der Waals surface area (Å²) in [6, 6.07) is 10.9. The van der Waals surface area contributed by atoms with Crippen molar-refractivity contribution in [1.82, 2.24) is 5.32 Å². The lowest BCUT2D eigenvalue weighted by atomic mass is 10.0. The van der Waals surface area contributed by atoms with Crippen molar-refractivity contribution in [2.45, 2.75) is 19.4 Å². The molecule has 88 valence electrons. The molecule has 1 N–H and O–H groups in total. The van der Waals surface area contributed by atoms with Crippen molar-refractivity contribution in [1.29, 1.82) is 0 Å². The second-order valence-corrected chi connectivity index (χ2v) is 6.54. The lowest BCUT2D eigenvalue weighted by molar-refractivity contribution is 0.581. The van der Waals surface area contributed by atoms with Crippen LogP contribution in [0.2, 0.25) is 0 Å². The van der Waals surface area contributed by atoms with Gasteiger partial charge in [-0.15, -0.1) is 11.3 Å². The highest BCUT2D eigenvalue weighted by Crippen LogP contribution is 2.37. The number of benzene rings is 1. The van der Waals surface area contributed by atoms with Crippen molar-refractivity contribution >= 4 is 27.3 Å². The van der Waals surface area contributed by atoms with Gasteiger partial charge in [0.1, 0.15) is 0 Å². The fourth-order valence-corrected chi connectivity index (χ4v) is 3.77. The van der Waals surface area contributed by atoms with Gasteiger partial charge in [0.25, 0.3) is 0 Å². The molecule has 1 unspecified atom stereocenters. The van der Waals surface area contributed by atoms with Gasteiger partial charge in [0.15, 0.2) is 0 Å². The largest absolute Gasteiger partial charge is 0.312 e. The zero-order chi connectivity index (χ0) is 11.8. The van der Waals surface area contributed by atoms with Gasteiger partial charge in [0, 0.05) is 33.2 Å². The number of fused-ring (bicyclic) bond motifs is 1. The van der Waals surface area contributed by atoms with Gasteiger partial charge in [-0.2, -0.15) is 0 Å². The summed E-state index contributed by atoms with van der Waals surface area (Å²) in [5.41, 5.74) is 2.80. The van der Waals surface area contributed by atoms with E-state index in [1.54, 1.807) is 4.88 Å². The normalized spacial score (nSPS) is 19.1. The molecule has 1 aromatic heterocycles. The van der Waals surface area contributed by atoms with Crippen LogP contribution in [0.3, 0.4) is 0 Å². The van der Waals surface area contributed by atoms with E-state index >= 15 is 0 Å². The average molecular weight is 308 g/mol. The van der Waals surface area contributed by atoms with Crippen molar-refractivity contribution in [3.63, 3.8) is 0 Å². The van der Waals surface area contributed by atoms with Gasteiger partial charge in [0.05, 0.1) is 0 Å². The Morgan fingerprint density at radius 3 is 2.76 bits per heavy atom. The third-order valence-corrected chi connectivity index (χ3v) is 5.17. The zero-order valence-corrected chi connectivity index (χ0v) is 12.1. The molecule has 1 atom stereocenters. The molecule has 0 aliphatic carbocycles. The third kappa shape index (κ3) is 2.19. The van der Waals surface area contributed by atoms with Crippen LogP contribution in [-0.2, 0) is 6.54 Å². The Bertz CT molecular complexity index is 530. The van der Waals surface area contributed by atoms with Crippen molar-refractivity contribution in [2.75, 3.05) is 6.54 Å². The molecule has 3 rings (SSSR count). The molecule has 1 aromatic carbocycles. The Morgan fingerprint density at radius 2 is 2.06 bits per heavy atom.